The summed E-state index contributed by atoms with van der Waals surface area (Å²) in [6, 6.07) is 6.51. The molecule has 0 bridgehead atoms. The molecular formula is C43H75N7O8. The van der Waals surface area contributed by atoms with Crippen molar-refractivity contribution in [2.75, 3.05) is 61.8 Å². The molecule has 0 saturated carbocycles. The van der Waals surface area contributed by atoms with E-state index < -0.39 is 48.3 Å². The number of ether oxygens (including phenoxy) is 3. The predicted octanol–water partition coefficient (Wildman–Crippen LogP) is 2.41. The summed E-state index contributed by atoms with van der Waals surface area (Å²) in [6.45, 7) is 14.6. The third kappa shape index (κ3) is 14.3. The number of hydrogen-bond acceptors (Lipinski definition) is 10. The van der Waals surface area contributed by atoms with Gasteiger partial charge in [-0.15, -0.1) is 0 Å². The first kappa shape index (κ1) is 50.5. The Labute approximate surface area is 347 Å². The highest BCUT2D eigenvalue weighted by Gasteiger charge is 2.43. The molecule has 1 aromatic carbocycles. The number of methoxy groups -OCH3 is 2. The Hall–Kier alpha value is -3.63. The molecule has 5 N–H and O–H groups in total. The van der Waals surface area contributed by atoms with Crippen molar-refractivity contribution in [3.05, 3.63) is 35.9 Å². The topological polar surface area (TPSA) is 185 Å². The van der Waals surface area contributed by atoms with E-state index in [0.717, 1.165) is 18.4 Å². The van der Waals surface area contributed by atoms with E-state index in [0.29, 0.717) is 13.0 Å². The Morgan fingerprint density at radius 1 is 0.897 bits per heavy atom. The maximum Gasteiger partial charge on any atom is 0.245 e. The van der Waals surface area contributed by atoms with E-state index in [4.69, 9.17) is 19.9 Å². The number of nitrogens with two attached hydrogens (primary N) is 1. The SMILES string of the molecule is CC[C@H](C)C(C(CC(=O)N1CCC[C@H]1[C@H](OC)[C@@H](C)C(=O)N[C@@H](Cc1ccccc1)C(=O)NCCOCN)OC)N(C)C(=O)[C@@H](NC(=O)[C@H](C(C)C)N(C)C)C(C)C. The fourth-order valence-corrected chi connectivity index (χ4v) is 8.23. The van der Waals surface area contributed by atoms with Crippen LogP contribution in [0.5, 0.6) is 0 Å². The van der Waals surface area contributed by atoms with Crippen LogP contribution in [0.2, 0.25) is 0 Å². The average molecular weight is 818 g/mol. The van der Waals surface area contributed by atoms with Gasteiger partial charge in [-0.05, 0) is 50.3 Å². The maximum absolute atomic E-state index is 14.3. The van der Waals surface area contributed by atoms with Crippen molar-refractivity contribution < 1.29 is 38.2 Å². The van der Waals surface area contributed by atoms with Crippen LogP contribution >= 0.6 is 0 Å². The van der Waals surface area contributed by atoms with Gasteiger partial charge < -0.3 is 45.7 Å². The number of likely N-dealkylation sites (N-methyl/N-ethyl adjacent to an activating group) is 2. The molecule has 0 spiro atoms. The van der Waals surface area contributed by atoms with Gasteiger partial charge in [-0.2, -0.15) is 0 Å². The summed E-state index contributed by atoms with van der Waals surface area (Å²) >= 11 is 0. The van der Waals surface area contributed by atoms with Gasteiger partial charge in [-0.25, -0.2) is 0 Å². The van der Waals surface area contributed by atoms with Crippen LogP contribution in [0.25, 0.3) is 0 Å². The number of hydrogen-bond donors (Lipinski definition) is 4. The zero-order valence-electron chi connectivity index (χ0n) is 37.3. The second-order valence-corrected chi connectivity index (χ2v) is 16.6. The van der Waals surface area contributed by atoms with Crippen LogP contribution in [0.3, 0.4) is 0 Å². The lowest BCUT2D eigenvalue weighted by molar-refractivity contribution is -0.148. The lowest BCUT2D eigenvalue weighted by atomic mass is 9.89. The van der Waals surface area contributed by atoms with Gasteiger partial charge in [0.25, 0.3) is 0 Å². The fourth-order valence-electron chi connectivity index (χ4n) is 8.23. The van der Waals surface area contributed by atoms with Gasteiger partial charge >= 0.3 is 0 Å². The Morgan fingerprint density at radius 3 is 2.09 bits per heavy atom. The van der Waals surface area contributed by atoms with E-state index >= 15 is 0 Å². The molecule has 15 heteroatoms. The highest BCUT2D eigenvalue weighted by molar-refractivity contribution is 5.90. The molecule has 0 aromatic heterocycles. The highest BCUT2D eigenvalue weighted by atomic mass is 16.5. The van der Waals surface area contributed by atoms with Crippen LogP contribution in [-0.4, -0.2) is 148 Å². The summed E-state index contributed by atoms with van der Waals surface area (Å²) in [7, 11) is 8.51. The molecule has 58 heavy (non-hydrogen) atoms. The number of carbonyl (C=O) groups is 5. The number of nitrogens with one attached hydrogen (secondary N) is 3. The number of amides is 5. The van der Waals surface area contributed by atoms with Crippen LogP contribution in [0.1, 0.15) is 79.7 Å². The summed E-state index contributed by atoms with van der Waals surface area (Å²) in [5.41, 5.74) is 6.29. The van der Waals surface area contributed by atoms with E-state index in [1.807, 2.05) is 90.9 Å². The van der Waals surface area contributed by atoms with Gasteiger partial charge in [0.15, 0.2) is 0 Å². The molecule has 2 rings (SSSR count). The van der Waals surface area contributed by atoms with Gasteiger partial charge in [-0.1, -0.05) is 85.2 Å². The van der Waals surface area contributed by atoms with Crippen LogP contribution in [0.15, 0.2) is 30.3 Å². The average Bonchev–Trinajstić information content (AvgIpc) is 3.67. The van der Waals surface area contributed by atoms with Crippen LogP contribution in [0.4, 0.5) is 0 Å². The number of carbonyl (C=O) groups excluding carboxylic acids is 5. The Morgan fingerprint density at radius 2 is 1.55 bits per heavy atom. The molecule has 1 aliphatic rings. The third-order valence-electron chi connectivity index (χ3n) is 11.5. The first-order valence-electron chi connectivity index (χ1n) is 20.9. The van der Waals surface area contributed by atoms with E-state index in [9.17, 15) is 24.0 Å². The monoisotopic (exact) mass is 818 g/mol. The van der Waals surface area contributed by atoms with Gasteiger partial charge in [0.2, 0.25) is 29.5 Å². The van der Waals surface area contributed by atoms with Crippen molar-refractivity contribution in [3.8, 4) is 0 Å². The normalized spacial score (nSPS) is 18.6. The minimum absolute atomic E-state index is 0.00140. The molecule has 0 aliphatic carbocycles. The molecule has 1 aromatic rings. The lowest BCUT2D eigenvalue weighted by Gasteiger charge is -2.41. The van der Waals surface area contributed by atoms with E-state index in [1.165, 1.54) is 7.11 Å². The van der Waals surface area contributed by atoms with Crippen LogP contribution in [0, 0.1) is 23.7 Å². The summed E-state index contributed by atoms with van der Waals surface area (Å²) in [5, 5.41) is 8.80. The Bertz CT molecular complexity index is 1420. The molecule has 5 amide bonds. The zero-order chi connectivity index (χ0) is 43.7. The Kier molecular flexibility index (Phi) is 21.9. The van der Waals surface area contributed by atoms with E-state index in [2.05, 4.69) is 16.0 Å². The maximum atomic E-state index is 14.3. The van der Waals surface area contributed by atoms with E-state index in [-0.39, 0.29) is 80.0 Å². The van der Waals surface area contributed by atoms with Crippen LogP contribution in [-0.2, 0) is 44.6 Å². The first-order chi connectivity index (χ1) is 27.4. The van der Waals surface area contributed by atoms with Crippen molar-refractivity contribution in [1.29, 1.82) is 0 Å². The number of rotatable bonds is 25. The minimum Gasteiger partial charge on any atom is -0.379 e. The second kappa shape index (κ2) is 25.1. The molecule has 330 valence electrons. The number of benzene rings is 1. The quantitative estimate of drug-likeness (QED) is 0.0845. The number of likely N-dealkylation sites (tertiary alicyclic amines) is 1. The fraction of sp³-hybridized carbons (Fsp3) is 0.744. The minimum atomic E-state index is -0.859. The molecular weight excluding hydrogens is 743 g/mol. The molecule has 1 heterocycles. The largest absolute Gasteiger partial charge is 0.379 e. The Balaban J connectivity index is 2.29. The zero-order valence-corrected chi connectivity index (χ0v) is 37.3. The molecule has 1 fully saturated rings. The smallest absolute Gasteiger partial charge is 0.245 e. The summed E-state index contributed by atoms with van der Waals surface area (Å²) in [5.74, 6) is -2.25. The van der Waals surface area contributed by atoms with Crippen molar-refractivity contribution >= 4 is 29.5 Å². The summed E-state index contributed by atoms with van der Waals surface area (Å²) in [6.07, 6.45) is 1.04. The van der Waals surface area contributed by atoms with Gasteiger partial charge in [0.05, 0.1) is 56.0 Å². The molecule has 15 nitrogen and oxygen atoms in total. The first-order valence-corrected chi connectivity index (χ1v) is 20.9. The van der Waals surface area contributed by atoms with Crippen LogP contribution < -0.4 is 21.7 Å². The number of nitrogens with zero attached hydrogens (tertiary/aromatic N) is 3. The molecule has 2 unspecified atom stereocenters. The standard InChI is InChI=1S/C43H75N7O8/c1-13-29(6)38(49(10)43(55)36(27(2)3)47-42(54)37(28(4)5)48(8)9)34(56-11)25-35(51)50-22-17-20-33(50)39(57-12)30(7)40(52)46-32(24-31-18-15-14-16-19-31)41(53)45-21-23-58-26-44/h14-16,18-19,27-30,32-34,36-39H,13,17,20-26,44H2,1-12H3,(H,45,53)(H,46,52)(H,47,54)/t29-,30+,32-,33-,34?,36-,37-,38?,39+/m0/s1. The van der Waals surface area contributed by atoms with Crippen molar-refractivity contribution in [2.24, 2.45) is 29.4 Å². The molecule has 1 saturated heterocycles. The molecule has 1 aliphatic heterocycles. The lowest BCUT2D eigenvalue weighted by Crippen LogP contribution is -2.59. The highest BCUT2D eigenvalue weighted by Crippen LogP contribution is 2.30. The van der Waals surface area contributed by atoms with Gasteiger partial charge in [0.1, 0.15) is 12.1 Å². The predicted molar refractivity (Wildman–Crippen MR) is 225 cm³/mol. The molecule has 0 radical (unpaired) electrons. The van der Waals surface area contributed by atoms with Crippen molar-refractivity contribution in [2.45, 2.75) is 123 Å². The van der Waals surface area contributed by atoms with Crippen molar-refractivity contribution in [1.82, 2.24) is 30.7 Å². The summed E-state index contributed by atoms with van der Waals surface area (Å²) < 4.78 is 17.2. The van der Waals surface area contributed by atoms with E-state index in [1.54, 1.807) is 30.9 Å². The van der Waals surface area contributed by atoms with Gasteiger partial charge in [0, 0.05) is 40.8 Å². The second-order valence-electron chi connectivity index (χ2n) is 16.6. The summed E-state index contributed by atoms with van der Waals surface area (Å²) in [4.78, 5) is 74.5. The van der Waals surface area contributed by atoms with Gasteiger partial charge in [-0.3, -0.25) is 28.9 Å². The van der Waals surface area contributed by atoms with Crippen molar-refractivity contribution in [3.63, 3.8) is 0 Å². The third-order valence-corrected chi connectivity index (χ3v) is 11.5. The molecule has 9 atom stereocenters.